The van der Waals surface area contributed by atoms with Crippen LogP contribution in [0.25, 0.3) is 0 Å². The number of carboxylic acids is 1. The lowest BCUT2D eigenvalue weighted by Crippen LogP contribution is -2.42. The Balaban J connectivity index is 1.63. The van der Waals surface area contributed by atoms with Gasteiger partial charge < -0.3 is 15.7 Å². The van der Waals surface area contributed by atoms with E-state index in [1.54, 1.807) is 10.9 Å². The van der Waals surface area contributed by atoms with Gasteiger partial charge in [0.05, 0.1) is 12.5 Å². The number of aromatic nitrogens is 2. The largest absolute Gasteiger partial charge is 0.481 e. The second kappa shape index (κ2) is 6.21. The highest BCUT2D eigenvalue weighted by atomic mass is 16.4. The van der Waals surface area contributed by atoms with Gasteiger partial charge in [-0.1, -0.05) is 0 Å². The van der Waals surface area contributed by atoms with E-state index in [1.807, 2.05) is 12.3 Å². The minimum atomic E-state index is -0.775. The minimum Gasteiger partial charge on any atom is -0.481 e. The number of carbonyl (C=O) groups is 2. The van der Waals surface area contributed by atoms with E-state index in [0.29, 0.717) is 25.9 Å². The molecule has 19 heavy (non-hydrogen) atoms. The lowest BCUT2D eigenvalue weighted by atomic mass is 10.1. The van der Waals surface area contributed by atoms with Crippen LogP contribution in [0.15, 0.2) is 18.5 Å². The molecule has 1 heterocycles. The van der Waals surface area contributed by atoms with E-state index in [0.717, 1.165) is 6.42 Å². The molecular formula is C12H18N4O3. The van der Waals surface area contributed by atoms with E-state index < -0.39 is 5.97 Å². The number of hydrogen-bond acceptors (Lipinski definition) is 3. The standard InChI is InChI=1S/C12H18N4O3/c17-11(18)9-2-3-10(8-9)15-12(19)13-5-7-16-6-1-4-14-16/h1,4,6,9-10H,2-3,5,7-8H2,(H,17,18)(H2,13,15,19). The second-order valence-corrected chi connectivity index (χ2v) is 4.71. The van der Waals surface area contributed by atoms with Crippen LogP contribution in [0.5, 0.6) is 0 Å². The summed E-state index contributed by atoms with van der Waals surface area (Å²) < 4.78 is 1.73. The molecule has 1 saturated carbocycles. The zero-order chi connectivity index (χ0) is 13.7. The van der Waals surface area contributed by atoms with Crippen LogP contribution in [0, 0.1) is 5.92 Å². The van der Waals surface area contributed by atoms with Crippen LogP contribution in [0.4, 0.5) is 4.79 Å². The Morgan fingerprint density at radius 2 is 2.26 bits per heavy atom. The number of hydrogen-bond donors (Lipinski definition) is 3. The molecule has 0 bridgehead atoms. The van der Waals surface area contributed by atoms with Gasteiger partial charge in [0.25, 0.3) is 0 Å². The van der Waals surface area contributed by atoms with Gasteiger partial charge in [-0.15, -0.1) is 0 Å². The molecular weight excluding hydrogens is 248 g/mol. The maximum absolute atomic E-state index is 11.6. The van der Waals surface area contributed by atoms with Crippen LogP contribution in [0.2, 0.25) is 0 Å². The summed E-state index contributed by atoms with van der Waals surface area (Å²) in [6.45, 7) is 1.10. The Bertz CT molecular complexity index is 432. The smallest absolute Gasteiger partial charge is 0.315 e. The summed E-state index contributed by atoms with van der Waals surface area (Å²) in [4.78, 5) is 22.4. The molecule has 0 saturated heterocycles. The van der Waals surface area contributed by atoms with Crippen molar-refractivity contribution in [2.75, 3.05) is 6.54 Å². The van der Waals surface area contributed by atoms with E-state index in [9.17, 15) is 9.59 Å². The van der Waals surface area contributed by atoms with Gasteiger partial charge in [-0.3, -0.25) is 9.48 Å². The molecule has 0 spiro atoms. The molecule has 104 valence electrons. The molecule has 1 aliphatic rings. The maximum Gasteiger partial charge on any atom is 0.315 e. The van der Waals surface area contributed by atoms with E-state index in [4.69, 9.17) is 5.11 Å². The van der Waals surface area contributed by atoms with Crippen molar-refractivity contribution in [3.63, 3.8) is 0 Å². The number of amides is 2. The van der Waals surface area contributed by atoms with E-state index in [-0.39, 0.29) is 18.0 Å². The molecule has 0 aliphatic heterocycles. The Hall–Kier alpha value is -2.05. The van der Waals surface area contributed by atoms with Crippen LogP contribution >= 0.6 is 0 Å². The van der Waals surface area contributed by atoms with Crippen LogP contribution in [0.3, 0.4) is 0 Å². The Morgan fingerprint density at radius 3 is 2.89 bits per heavy atom. The fourth-order valence-electron chi connectivity index (χ4n) is 2.29. The molecule has 2 rings (SSSR count). The fourth-order valence-corrected chi connectivity index (χ4v) is 2.29. The Labute approximate surface area is 111 Å². The van der Waals surface area contributed by atoms with Crippen molar-refractivity contribution < 1.29 is 14.7 Å². The van der Waals surface area contributed by atoms with Gasteiger partial charge in [-0.25, -0.2) is 4.79 Å². The van der Waals surface area contributed by atoms with E-state index in [1.165, 1.54) is 0 Å². The molecule has 2 atom stereocenters. The number of rotatable bonds is 5. The zero-order valence-electron chi connectivity index (χ0n) is 10.6. The van der Waals surface area contributed by atoms with Crippen molar-refractivity contribution in [1.29, 1.82) is 0 Å². The van der Waals surface area contributed by atoms with Gasteiger partial charge in [-0.05, 0) is 25.3 Å². The van der Waals surface area contributed by atoms with Crippen molar-refractivity contribution in [3.05, 3.63) is 18.5 Å². The number of carbonyl (C=O) groups excluding carboxylic acids is 1. The third kappa shape index (κ3) is 3.97. The highest BCUT2D eigenvalue weighted by molar-refractivity contribution is 5.75. The summed E-state index contributed by atoms with van der Waals surface area (Å²) >= 11 is 0. The molecule has 7 nitrogen and oxygen atoms in total. The molecule has 1 aliphatic carbocycles. The molecule has 1 aromatic rings. The monoisotopic (exact) mass is 266 g/mol. The van der Waals surface area contributed by atoms with Gasteiger partial charge in [0.2, 0.25) is 0 Å². The third-order valence-electron chi connectivity index (χ3n) is 3.30. The van der Waals surface area contributed by atoms with Gasteiger partial charge in [0.1, 0.15) is 0 Å². The minimum absolute atomic E-state index is 0.0363. The predicted octanol–water partition coefficient (Wildman–Crippen LogP) is 0.436. The number of nitrogens with zero attached hydrogens (tertiary/aromatic N) is 2. The van der Waals surface area contributed by atoms with Gasteiger partial charge >= 0.3 is 12.0 Å². The molecule has 0 radical (unpaired) electrons. The van der Waals surface area contributed by atoms with Crippen molar-refractivity contribution in [3.8, 4) is 0 Å². The summed E-state index contributed by atoms with van der Waals surface area (Å²) in [7, 11) is 0. The topological polar surface area (TPSA) is 96.3 Å². The van der Waals surface area contributed by atoms with E-state index in [2.05, 4.69) is 15.7 Å². The maximum atomic E-state index is 11.6. The number of aliphatic carboxylic acids is 1. The highest BCUT2D eigenvalue weighted by Crippen LogP contribution is 2.25. The molecule has 7 heteroatoms. The summed E-state index contributed by atoms with van der Waals surface area (Å²) in [6, 6.07) is 1.54. The van der Waals surface area contributed by atoms with Gasteiger partial charge in [-0.2, -0.15) is 5.10 Å². The SMILES string of the molecule is O=C(NCCn1cccn1)NC1CCC(C(=O)O)C1. The molecule has 1 aromatic heterocycles. The average Bonchev–Trinajstić information content (AvgIpc) is 3.00. The van der Waals surface area contributed by atoms with Crippen molar-refractivity contribution in [2.24, 2.45) is 5.92 Å². The first-order chi connectivity index (χ1) is 9.15. The first-order valence-corrected chi connectivity index (χ1v) is 6.40. The van der Waals surface area contributed by atoms with Crippen LogP contribution < -0.4 is 10.6 Å². The molecule has 0 aromatic carbocycles. The summed E-state index contributed by atoms with van der Waals surface area (Å²) in [5.41, 5.74) is 0. The fraction of sp³-hybridized carbons (Fsp3) is 0.583. The summed E-state index contributed by atoms with van der Waals surface area (Å²) in [5.74, 6) is -1.10. The average molecular weight is 266 g/mol. The normalized spacial score (nSPS) is 22.1. The van der Waals surface area contributed by atoms with Gasteiger partial charge in [0.15, 0.2) is 0 Å². The number of nitrogens with one attached hydrogen (secondary N) is 2. The number of urea groups is 1. The summed E-state index contributed by atoms with van der Waals surface area (Å²) in [5, 5.41) is 18.4. The molecule has 3 N–H and O–H groups in total. The quantitative estimate of drug-likeness (QED) is 0.720. The lowest BCUT2D eigenvalue weighted by Gasteiger charge is -2.13. The Kier molecular flexibility index (Phi) is 4.38. The zero-order valence-corrected chi connectivity index (χ0v) is 10.6. The summed E-state index contributed by atoms with van der Waals surface area (Å²) in [6.07, 6.45) is 5.39. The molecule has 2 unspecified atom stereocenters. The van der Waals surface area contributed by atoms with Crippen molar-refractivity contribution in [2.45, 2.75) is 31.8 Å². The van der Waals surface area contributed by atoms with E-state index >= 15 is 0 Å². The first kappa shape index (κ1) is 13.4. The molecule has 2 amide bonds. The lowest BCUT2D eigenvalue weighted by molar-refractivity contribution is -0.141. The van der Waals surface area contributed by atoms with Gasteiger partial charge in [0, 0.05) is 25.0 Å². The number of carboxylic acid groups (broad SMARTS) is 1. The Morgan fingerprint density at radius 1 is 1.42 bits per heavy atom. The second-order valence-electron chi connectivity index (χ2n) is 4.71. The third-order valence-corrected chi connectivity index (χ3v) is 3.30. The first-order valence-electron chi connectivity index (χ1n) is 6.40. The predicted molar refractivity (Wildman–Crippen MR) is 67.5 cm³/mol. The van der Waals surface area contributed by atoms with Crippen molar-refractivity contribution in [1.82, 2.24) is 20.4 Å². The molecule has 1 fully saturated rings. The highest BCUT2D eigenvalue weighted by Gasteiger charge is 2.30. The van der Waals surface area contributed by atoms with Crippen LogP contribution in [-0.4, -0.2) is 39.5 Å². The van der Waals surface area contributed by atoms with Crippen molar-refractivity contribution >= 4 is 12.0 Å². The van der Waals surface area contributed by atoms with Crippen LogP contribution in [0.1, 0.15) is 19.3 Å². The van der Waals surface area contributed by atoms with Crippen LogP contribution in [-0.2, 0) is 11.3 Å².